The summed E-state index contributed by atoms with van der Waals surface area (Å²) in [7, 11) is 3.19. The second-order valence-corrected chi connectivity index (χ2v) is 7.77. The summed E-state index contributed by atoms with van der Waals surface area (Å²) in [5, 5.41) is 0. The molecular formula is C24H27NO6. The Balaban J connectivity index is 1.26. The van der Waals surface area contributed by atoms with Crippen molar-refractivity contribution in [1.82, 2.24) is 4.90 Å². The van der Waals surface area contributed by atoms with Crippen LogP contribution in [0.25, 0.3) is 0 Å². The highest BCUT2D eigenvalue weighted by molar-refractivity contribution is 5.81. The first-order chi connectivity index (χ1) is 15.1. The molecule has 1 aliphatic carbocycles. The monoisotopic (exact) mass is 425 g/mol. The largest absolute Gasteiger partial charge is 0.493 e. The molecule has 0 fully saturated rings. The van der Waals surface area contributed by atoms with Crippen molar-refractivity contribution < 1.29 is 28.5 Å². The molecule has 0 radical (unpaired) electrons. The molecule has 0 atom stereocenters. The first-order valence-electron chi connectivity index (χ1n) is 10.5. The van der Waals surface area contributed by atoms with Crippen molar-refractivity contribution in [3.63, 3.8) is 0 Å². The van der Waals surface area contributed by atoms with Crippen LogP contribution in [0.5, 0.6) is 17.2 Å². The van der Waals surface area contributed by atoms with Crippen molar-refractivity contribution in [2.75, 3.05) is 34.0 Å². The second-order valence-electron chi connectivity index (χ2n) is 7.77. The number of methoxy groups -OCH3 is 2. The first kappa shape index (κ1) is 21.0. The molecule has 31 heavy (non-hydrogen) atoms. The molecule has 2 aromatic carbocycles. The smallest absolute Gasteiger partial charge is 0.344 e. The molecule has 0 saturated carbocycles. The number of benzene rings is 2. The van der Waals surface area contributed by atoms with Crippen molar-refractivity contribution in [3.8, 4) is 17.2 Å². The van der Waals surface area contributed by atoms with Crippen LogP contribution in [0.15, 0.2) is 30.3 Å². The molecule has 0 bridgehead atoms. The molecule has 1 amide bonds. The van der Waals surface area contributed by atoms with Crippen LogP contribution in [0.3, 0.4) is 0 Å². The lowest BCUT2D eigenvalue weighted by molar-refractivity contribution is -0.154. The average Bonchev–Trinajstić information content (AvgIpc) is 3.27. The van der Waals surface area contributed by atoms with Gasteiger partial charge in [-0.05, 0) is 72.2 Å². The van der Waals surface area contributed by atoms with Gasteiger partial charge in [0.05, 0.1) is 14.2 Å². The minimum atomic E-state index is -0.558. The van der Waals surface area contributed by atoms with E-state index in [1.807, 2.05) is 30.3 Å². The van der Waals surface area contributed by atoms with Crippen molar-refractivity contribution in [3.05, 3.63) is 52.6 Å². The van der Waals surface area contributed by atoms with Crippen LogP contribution in [0.4, 0.5) is 0 Å². The van der Waals surface area contributed by atoms with E-state index in [0.29, 0.717) is 36.8 Å². The molecule has 1 aliphatic heterocycles. The fourth-order valence-corrected chi connectivity index (χ4v) is 4.15. The van der Waals surface area contributed by atoms with Crippen molar-refractivity contribution in [2.24, 2.45) is 0 Å². The first-order valence-corrected chi connectivity index (χ1v) is 10.5. The van der Waals surface area contributed by atoms with E-state index >= 15 is 0 Å². The zero-order valence-corrected chi connectivity index (χ0v) is 17.9. The Morgan fingerprint density at radius 2 is 1.58 bits per heavy atom. The van der Waals surface area contributed by atoms with Crippen molar-refractivity contribution >= 4 is 11.9 Å². The van der Waals surface area contributed by atoms with Crippen LogP contribution in [0.1, 0.15) is 28.7 Å². The standard InChI is InChI=1S/C24H27NO6/c1-28-21-11-18-8-9-25(13-19(18)12-22(21)29-2)23(26)14-31-24(27)15-30-20-7-6-16-4-3-5-17(16)10-20/h6-7,10-12H,3-5,8-9,13-15H2,1-2H3. The number of rotatable bonds is 7. The summed E-state index contributed by atoms with van der Waals surface area (Å²) >= 11 is 0. The number of nitrogens with zero attached hydrogens (tertiary/aromatic N) is 1. The summed E-state index contributed by atoms with van der Waals surface area (Å²) in [6.07, 6.45) is 4.01. The molecule has 4 rings (SSSR count). The van der Waals surface area contributed by atoms with Gasteiger partial charge >= 0.3 is 5.97 Å². The van der Waals surface area contributed by atoms with Crippen molar-refractivity contribution in [1.29, 1.82) is 0 Å². The lowest BCUT2D eigenvalue weighted by Gasteiger charge is -2.29. The lowest BCUT2D eigenvalue weighted by Crippen LogP contribution is -2.39. The highest BCUT2D eigenvalue weighted by atomic mass is 16.6. The van der Waals surface area contributed by atoms with Gasteiger partial charge in [0.15, 0.2) is 24.7 Å². The molecule has 2 aliphatic rings. The molecule has 7 heteroatoms. The summed E-state index contributed by atoms with van der Waals surface area (Å²) in [5.74, 6) is 1.17. The predicted molar refractivity (Wildman–Crippen MR) is 114 cm³/mol. The molecule has 2 aromatic rings. The quantitative estimate of drug-likeness (QED) is 0.635. The van der Waals surface area contributed by atoms with Gasteiger partial charge in [-0.25, -0.2) is 4.79 Å². The van der Waals surface area contributed by atoms with E-state index in [1.165, 1.54) is 11.1 Å². The Morgan fingerprint density at radius 3 is 2.35 bits per heavy atom. The van der Waals surface area contributed by atoms with E-state index in [0.717, 1.165) is 30.4 Å². The fourth-order valence-electron chi connectivity index (χ4n) is 4.15. The van der Waals surface area contributed by atoms with Crippen LogP contribution >= 0.6 is 0 Å². The number of carbonyl (C=O) groups is 2. The number of esters is 1. The third-order valence-electron chi connectivity index (χ3n) is 5.85. The molecule has 1 heterocycles. The molecule has 0 aromatic heterocycles. The highest BCUT2D eigenvalue weighted by Gasteiger charge is 2.23. The third-order valence-corrected chi connectivity index (χ3v) is 5.85. The summed E-state index contributed by atoms with van der Waals surface area (Å²) in [4.78, 5) is 26.3. The minimum absolute atomic E-state index is 0.216. The number of carbonyl (C=O) groups excluding carboxylic acids is 2. The number of ether oxygens (including phenoxy) is 4. The highest BCUT2D eigenvalue weighted by Crippen LogP contribution is 2.33. The normalized spacial score (nSPS) is 14.5. The zero-order chi connectivity index (χ0) is 21.8. The summed E-state index contributed by atoms with van der Waals surface area (Å²) in [5.41, 5.74) is 4.75. The van der Waals surface area contributed by atoms with Gasteiger partial charge in [0.1, 0.15) is 5.75 Å². The number of fused-ring (bicyclic) bond motifs is 2. The van der Waals surface area contributed by atoms with Crippen LogP contribution in [-0.4, -0.2) is 50.8 Å². The SMILES string of the molecule is COc1cc2c(cc1OC)CN(C(=O)COC(=O)COc1ccc3c(c1)CCC3)CC2. The van der Waals surface area contributed by atoms with Gasteiger partial charge in [-0.1, -0.05) is 6.07 Å². The number of hydrogen-bond acceptors (Lipinski definition) is 6. The van der Waals surface area contributed by atoms with E-state index in [9.17, 15) is 9.59 Å². The minimum Gasteiger partial charge on any atom is -0.493 e. The van der Waals surface area contributed by atoms with Gasteiger partial charge in [0.2, 0.25) is 0 Å². The van der Waals surface area contributed by atoms with Gasteiger partial charge in [-0.3, -0.25) is 4.79 Å². The van der Waals surface area contributed by atoms with Gasteiger partial charge in [-0.2, -0.15) is 0 Å². The van der Waals surface area contributed by atoms with Crippen molar-refractivity contribution in [2.45, 2.75) is 32.2 Å². The van der Waals surface area contributed by atoms with Gasteiger partial charge < -0.3 is 23.8 Å². The van der Waals surface area contributed by atoms with Gasteiger partial charge in [0, 0.05) is 13.1 Å². The van der Waals surface area contributed by atoms with E-state index in [4.69, 9.17) is 18.9 Å². The molecule has 0 spiro atoms. The maximum Gasteiger partial charge on any atom is 0.344 e. The molecule has 0 saturated heterocycles. The molecule has 0 unspecified atom stereocenters. The van der Waals surface area contributed by atoms with E-state index in [-0.39, 0.29) is 19.1 Å². The Hall–Kier alpha value is -3.22. The maximum absolute atomic E-state index is 12.5. The van der Waals surface area contributed by atoms with Crippen LogP contribution < -0.4 is 14.2 Å². The maximum atomic E-state index is 12.5. The summed E-state index contributed by atoms with van der Waals surface area (Å²) < 4.78 is 21.4. The fraction of sp³-hybridized carbons (Fsp3) is 0.417. The zero-order valence-electron chi connectivity index (χ0n) is 17.9. The Morgan fingerprint density at radius 1 is 0.871 bits per heavy atom. The van der Waals surface area contributed by atoms with Crippen LogP contribution in [-0.2, 0) is 40.1 Å². The van der Waals surface area contributed by atoms with E-state index < -0.39 is 5.97 Å². The number of aryl methyl sites for hydroxylation is 2. The predicted octanol–water partition coefficient (Wildman–Crippen LogP) is 2.70. The topological polar surface area (TPSA) is 74.3 Å². The Labute approximate surface area is 181 Å². The van der Waals surface area contributed by atoms with Crippen LogP contribution in [0, 0.1) is 0 Å². The molecule has 164 valence electrons. The van der Waals surface area contributed by atoms with E-state index in [2.05, 4.69) is 0 Å². The summed E-state index contributed by atoms with van der Waals surface area (Å²) in [6.45, 7) is 0.489. The molecule has 0 N–H and O–H groups in total. The van der Waals surface area contributed by atoms with Gasteiger partial charge in [0.25, 0.3) is 5.91 Å². The number of amides is 1. The summed E-state index contributed by atoms with van der Waals surface area (Å²) in [6, 6.07) is 9.74. The Kier molecular flexibility index (Phi) is 6.30. The lowest BCUT2D eigenvalue weighted by atomic mass is 9.99. The average molecular weight is 425 g/mol. The number of hydrogen-bond donors (Lipinski definition) is 0. The third kappa shape index (κ3) is 4.76. The van der Waals surface area contributed by atoms with Gasteiger partial charge in [-0.15, -0.1) is 0 Å². The van der Waals surface area contributed by atoms with E-state index in [1.54, 1.807) is 19.1 Å². The molecule has 7 nitrogen and oxygen atoms in total. The van der Waals surface area contributed by atoms with Crippen LogP contribution in [0.2, 0.25) is 0 Å². The molecular weight excluding hydrogens is 398 g/mol. The second kappa shape index (κ2) is 9.29. The Bertz CT molecular complexity index is 986.